The molecule has 0 spiro atoms. The number of hydrogen-bond donors (Lipinski definition) is 1. The topological polar surface area (TPSA) is 67.9 Å². The van der Waals surface area contributed by atoms with Gasteiger partial charge in [0, 0.05) is 36.5 Å². The van der Waals surface area contributed by atoms with E-state index in [9.17, 15) is 9.59 Å². The van der Waals surface area contributed by atoms with E-state index in [0.29, 0.717) is 42.4 Å². The molecule has 2 aromatic carbocycles. The minimum absolute atomic E-state index is 0.0617. The van der Waals surface area contributed by atoms with Crippen LogP contribution in [0.3, 0.4) is 0 Å². The van der Waals surface area contributed by atoms with Crippen LogP contribution in [0.15, 0.2) is 48.5 Å². The van der Waals surface area contributed by atoms with Gasteiger partial charge in [-0.25, -0.2) is 0 Å². The van der Waals surface area contributed by atoms with Gasteiger partial charge in [-0.3, -0.25) is 9.59 Å². The lowest BCUT2D eigenvalue weighted by molar-refractivity contribution is 0.0761. The summed E-state index contributed by atoms with van der Waals surface area (Å²) < 4.78 is 10.9. The molecule has 2 amide bonds. The number of ether oxygens (including phenoxy) is 2. The number of likely N-dealkylation sites (tertiary alicyclic amines) is 1. The van der Waals surface area contributed by atoms with Crippen molar-refractivity contribution in [3.63, 3.8) is 0 Å². The molecule has 6 heteroatoms. The van der Waals surface area contributed by atoms with Crippen molar-refractivity contribution in [2.24, 2.45) is 0 Å². The first-order valence-corrected chi connectivity index (χ1v) is 10.7. The Bertz CT molecular complexity index is 827. The third kappa shape index (κ3) is 6.32. The molecule has 1 saturated heterocycles. The van der Waals surface area contributed by atoms with Crippen molar-refractivity contribution in [1.82, 2.24) is 4.90 Å². The Balaban J connectivity index is 1.57. The van der Waals surface area contributed by atoms with Crippen LogP contribution in [0.2, 0.25) is 0 Å². The Morgan fingerprint density at radius 1 is 0.933 bits per heavy atom. The van der Waals surface area contributed by atoms with Crippen LogP contribution in [0.25, 0.3) is 0 Å². The molecule has 1 heterocycles. The second-order valence-electron chi connectivity index (χ2n) is 7.31. The average Bonchev–Trinajstić information content (AvgIpc) is 3.07. The molecule has 0 atom stereocenters. The fraction of sp³-hybridized carbons (Fsp3) is 0.417. The van der Waals surface area contributed by atoms with E-state index in [2.05, 4.69) is 5.32 Å². The van der Waals surface area contributed by atoms with Gasteiger partial charge >= 0.3 is 0 Å². The number of anilines is 1. The standard InChI is InChI=1S/C24H30N2O4/c1-2-29-16-17-30-22-9-7-8-20(18-22)23(27)25-21-12-10-19(11-13-21)24(28)26-14-5-3-4-6-15-26/h7-13,18H,2-6,14-17H2,1H3,(H,25,27). The normalized spacial score (nSPS) is 14.1. The van der Waals surface area contributed by atoms with Crippen LogP contribution in [-0.4, -0.2) is 49.6 Å². The number of benzene rings is 2. The summed E-state index contributed by atoms with van der Waals surface area (Å²) in [7, 11) is 0. The molecule has 1 aliphatic rings. The molecule has 2 aromatic rings. The van der Waals surface area contributed by atoms with Crippen molar-refractivity contribution in [2.75, 3.05) is 38.2 Å². The second kappa shape index (κ2) is 11.4. The largest absolute Gasteiger partial charge is 0.491 e. The summed E-state index contributed by atoms with van der Waals surface area (Å²) in [5, 5.41) is 2.87. The highest BCUT2D eigenvalue weighted by atomic mass is 16.5. The van der Waals surface area contributed by atoms with Crippen molar-refractivity contribution in [1.29, 1.82) is 0 Å². The smallest absolute Gasteiger partial charge is 0.255 e. The van der Waals surface area contributed by atoms with Gasteiger partial charge in [0.1, 0.15) is 12.4 Å². The maximum Gasteiger partial charge on any atom is 0.255 e. The maximum absolute atomic E-state index is 12.7. The Morgan fingerprint density at radius 2 is 1.67 bits per heavy atom. The van der Waals surface area contributed by atoms with Crippen LogP contribution in [-0.2, 0) is 4.74 Å². The van der Waals surface area contributed by atoms with E-state index < -0.39 is 0 Å². The van der Waals surface area contributed by atoms with Crippen LogP contribution in [0.5, 0.6) is 5.75 Å². The van der Waals surface area contributed by atoms with E-state index >= 15 is 0 Å². The molecule has 0 saturated carbocycles. The number of carbonyl (C=O) groups excluding carboxylic acids is 2. The summed E-state index contributed by atoms with van der Waals surface area (Å²) in [4.78, 5) is 27.2. The van der Waals surface area contributed by atoms with E-state index in [-0.39, 0.29) is 11.8 Å². The molecular formula is C24H30N2O4. The minimum atomic E-state index is -0.225. The Hall–Kier alpha value is -2.86. The first kappa shape index (κ1) is 21.8. The fourth-order valence-corrected chi connectivity index (χ4v) is 3.45. The van der Waals surface area contributed by atoms with Crippen molar-refractivity contribution in [3.05, 3.63) is 59.7 Å². The molecule has 6 nitrogen and oxygen atoms in total. The second-order valence-corrected chi connectivity index (χ2v) is 7.31. The lowest BCUT2D eigenvalue weighted by Gasteiger charge is -2.20. The molecule has 160 valence electrons. The maximum atomic E-state index is 12.7. The lowest BCUT2D eigenvalue weighted by atomic mass is 10.1. The molecule has 1 aliphatic heterocycles. The zero-order valence-corrected chi connectivity index (χ0v) is 17.6. The summed E-state index contributed by atoms with van der Waals surface area (Å²) in [6.45, 7) is 5.16. The molecule has 1 fully saturated rings. The predicted octanol–water partition coefficient (Wildman–Crippen LogP) is 4.37. The van der Waals surface area contributed by atoms with Crippen molar-refractivity contribution < 1.29 is 19.1 Å². The highest BCUT2D eigenvalue weighted by Crippen LogP contribution is 2.18. The van der Waals surface area contributed by atoms with Gasteiger partial charge in [-0.05, 0) is 62.2 Å². The molecule has 0 bridgehead atoms. The van der Waals surface area contributed by atoms with Gasteiger partial charge in [-0.2, -0.15) is 0 Å². The fourth-order valence-electron chi connectivity index (χ4n) is 3.45. The lowest BCUT2D eigenvalue weighted by Crippen LogP contribution is -2.31. The van der Waals surface area contributed by atoms with Crippen molar-refractivity contribution in [2.45, 2.75) is 32.6 Å². The first-order chi connectivity index (χ1) is 14.7. The monoisotopic (exact) mass is 410 g/mol. The molecule has 0 radical (unpaired) electrons. The van der Waals surface area contributed by atoms with Gasteiger partial charge in [0.25, 0.3) is 11.8 Å². The van der Waals surface area contributed by atoms with E-state index in [4.69, 9.17) is 9.47 Å². The molecular weight excluding hydrogens is 380 g/mol. The highest BCUT2D eigenvalue weighted by molar-refractivity contribution is 6.04. The summed E-state index contributed by atoms with van der Waals surface area (Å²) in [5.74, 6) is 0.462. The molecule has 0 unspecified atom stereocenters. The van der Waals surface area contributed by atoms with Crippen LogP contribution < -0.4 is 10.1 Å². The molecule has 3 rings (SSSR count). The Labute approximate surface area is 178 Å². The number of rotatable bonds is 8. The number of nitrogens with one attached hydrogen (secondary N) is 1. The molecule has 0 aromatic heterocycles. The van der Waals surface area contributed by atoms with Crippen LogP contribution in [0.1, 0.15) is 53.3 Å². The van der Waals surface area contributed by atoms with Gasteiger partial charge in [0.15, 0.2) is 0 Å². The SMILES string of the molecule is CCOCCOc1cccc(C(=O)Nc2ccc(C(=O)N3CCCCCC3)cc2)c1. The summed E-state index contributed by atoms with van der Waals surface area (Å²) in [5.41, 5.74) is 1.81. The zero-order chi connectivity index (χ0) is 21.2. The van der Waals surface area contributed by atoms with Gasteiger partial charge < -0.3 is 19.7 Å². The van der Waals surface area contributed by atoms with Gasteiger partial charge in [0.05, 0.1) is 6.61 Å². The third-order valence-electron chi connectivity index (χ3n) is 5.08. The number of nitrogens with zero attached hydrogens (tertiary/aromatic N) is 1. The van der Waals surface area contributed by atoms with E-state index in [1.54, 1.807) is 42.5 Å². The Kier molecular flexibility index (Phi) is 8.27. The summed E-state index contributed by atoms with van der Waals surface area (Å²) >= 11 is 0. The zero-order valence-electron chi connectivity index (χ0n) is 17.6. The van der Waals surface area contributed by atoms with Crippen molar-refractivity contribution >= 4 is 17.5 Å². The number of hydrogen-bond acceptors (Lipinski definition) is 4. The van der Waals surface area contributed by atoms with Gasteiger partial charge in [-0.1, -0.05) is 18.9 Å². The minimum Gasteiger partial charge on any atom is -0.491 e. The van der Waals surface area contributed by atoms with Gasteiger partial charge in [-0.15, -0.1) is 0 Å². The van der Waals surface area contributed by atoms with Crippen LogP contribution in [0.4, 0.5) is 5.69 Å². The van der Waals surface area contributed by atoms with Crippen molar-refractivity contribution in [3.8, 4) is 5.75 Å². The molecule has 0 aliphatic carbocycles. The van der Waals surface area contributed by atoms with E-state index in [1.165, 1.54) is 12.8 Å². The quantitative estimate of drug-likeness (QED) is 0.656. The number of amides is 2. The molecule has 1 N–H and O–H groups in total. The summed E-state index contributed by atoms with van der Waals surface area (Å²) in [6.07, 6.45) is 4.50. The Morgan fingerprint density at radius 3 is 2.37 bits per heavy atom. The summed E-state index contributed by atoms with van der Waals surface area (Å²) in [6, 6.07) is 14.1. The first-order valence-electron chi connectivity index (χ1n) is 10.7. The number of carbonyl (C=O) groups is 2. The highest BCUT2D eigenvalue weighted by Gasteiger charge is 2.17. The molecule has 30 heavy (non-hydrogen) atoms. The van der Waals surface area contributed by atoms with E-state index in [0.717, 1.165) is 25.9 Å². The van der Waals surface area contributed by atoms with Crippen LogP contribution in [0, 0.1) is 0 Å². The predicted molar refractivity (Wildman–Crippen MR) is 117 cm³/mol. The average molecular weight is 411 g/mol. The third-order valence-corrected chi connectivity index (χ3v) is 5.08. The van der Waals surface area contributed by atoms with Crippen LogP contribution >= 0.6 is 0 Å². The van der Waals surface area contributed by atoms with E-state index in [1.807, 2.05) is 17.9 Å². The van der Waals surface area contributed by atoms with Gasteiger partial charge in [0.2, 0.25) is 0 Å².